The SMILES string of the molecule is CC(=O)CCc1ccc(OCC(O)c2ccccc2)cc1. The molecule has 0 aliphatic carbocycles. The van der Waals surface area contributed by atoms with E-state index in [-0.39, 0.29) is 12.4 Å². The number of benzene rings is 2. The Morgan fingerprint density at radius 1 is 1.10 bits per heavy atom. The van der Waals surface area contributed by atoms with Crippen LogP contribution in [0.2, 0.25) is 0 Å². The second-order valence-corrected chi connectivity index (χ2v) is 5.08. The van der Waals surface area contributed by atoms with Gasteiger partial charge in [-0.05, 0) is 36.6 Å². The zero-order chi connectivity index (χ0) is 15.1. The average Bonchev–Trinajstić information content (AvgIpc) is 2.52. The summed E-state index contributed by atoms with van der Waals surface area (Å²) in [5.41, 5.74) is 1.96. The van der Waals surface area contributed by atoms with Gasteiger partial charge in [0.15, 0.2) is 0 Å². The molecule has 0 aliphatic heterocycles. The van der Waals surface area contributed by atoms with Crippen LogP contribution < -0.4 is 4.74 Å². The molecular formula is C18H20O3. The van der Waals surface area contributed by atoms with Gasteiger partial charge in [-0.15, -0.1) is 0 Å². The van der Waals surface area contributed by atoms with E-state index in [4.69, 9.17) is 4.74 Å². The Kier molecular flexibility index (Phi) is 5.52. The molecule has 0 saturated heterocycles. The maximum absolute atomic E-state index is 10.9. The summed E-state index contributed by atoms with van der Waals surface area (Å²) in [5.74, 6) is 0.915. The van der Waals surface area contributed by atoms with Crippen molar-refractivity contribution in [3.8, 4) is 5.75 Å². The molecule has 3 nitrogen and oxygen atoms in total. The lowest BCUT2D eigenvalue weighted by Gasteiger charge is -2.13. The van der Waals surface area contributed by atoms with Gasteiger partial charge < -0.3 is 14.6 Å². The molecular weight excluding hydrogens is 264 g/mol. The number of rotatable bonds is 7. The van der Waals surface area contributed by atoms with Crippen LogP contribution in [0.3, 0.4) is 0 Å². The lowest BCUT2D eigenvalue weighted by Crippen LogP contribution is -2.09. The van der Waals surface area contributed by atoms with Crippen LogP contribution in [0, 0.1) is 0 Å². The summed E-state index contributed by atoms with van der Waals surface area (Å²) >= 11 is 0. The molecule has 0 amide bonds. The van der Waals surface area contributed by atoms with Crippen molar-refractivity contribution in [1.29, 1.82) is 0 Å². The van der Waals surface area contributed by atoms with Crippen LogP contribution in [0.25, 0.3) is 0 Å². The van der Waals surface area contributed by atoms with Crippen LogP contribution >= 0.6 is 0 Å². The van der Waals surface area contributed by atoms with E-state index < -0.39 is 6.10 Å². The lowest BCUT2D eigenvalue weighted by atomic mass is 10.1. The minimum atomic E-state index is -0.636. The summed E-state index contributed by atoms with van der Waals surface area (Å²) in [7, 11) is 0. The van der Waals surface area contributed by atoms with Crippen molar-refractivity contribution in [3.63, 3.8) is 0 Å². The number of carbonyl (C=O) groups is 1. The molecule has 1 unspecified atom stereocenters. The number of ketones is 1. The van der Waals surface area contributed by atoms with Crippen LogP contribution in [-0.2, 0) is 11.2 Å². The first-order valence-corrected chi connectivity index (χ1v) is 7.09. The van der Waals surface area contributed by atoms with E-state index >= 15 is 0 Å². The van der Waals surface area contributed by atoms with E-state index in [2.05, 4.69) is 0 Å². The maximum Gasteiger partial charge on any atom is 0.130 e. The Morgan fingerprint density at radius 2 is 1.76 bits per heavy atom. The van der Waals surface area contributed by atoms with Crippen LogP contribution in [0.5, 0.6) is 5.75 Å². The molecule has 0 aliphatic rings. The Balaban J connectivity index is 1.85. The molecule has 0 aromatic heterocycles. The van der Waals surface area contributed by atoms with E-state index in [1.165, 1.54) is 0 Å². The highest BCUT2D eigenvalue weighted by atomic mass is 16.5. The Hall–Kier alpha value is -2.13. The van der Waals surface area contributed by atoms with Crippen molar-refractivity contribution in [3.05, 3.63) is 65.7 Å². The van der Waals surface area contributed by atoms with Crippen LogP contribution in [-0.4, -0.2) is 17.5 Å². The summed E-state index contributed by atoms with van der Waals surface area (Å²) in [6.45, 7) is 1.82. The molecule has 21 heavy (non-hydrogen) atoms. The molecule has 0 fully saturated rings. The summed E-state index contributed by atoms with van der Waals surface area (Å²) in [4.78, 5) is 10.9. The fourth-order valence-electron chi connectivity index (χ4n) is 2.02. The number of ether oxygens (including phenoxy) is 1. The second-order valence-electron chi connectivity index (χ2n) is 5.08. The lowest BCUT2D eigenvalue weighted by molar-refractivity contribution is -0.116. The summed E-state index contributed by atoms with van der Waals surface area (Å²) < 4.78 is 5.59. The standard InChI is InChI=1S/C18H20O3/c1-14(19)7-8-15-9-11-17(12-10-15)21-13-18(20)16-5-3-2-4-6-16/h2-6,9-12,18,20H,7-8,13H2,1H3. The van der Waals surface area contributed by atoms with Crippen molar-refractivity contribution in [2.45, 2.75) is 25.9 Å². The highest BCUT2D eigenvalue weighted by Gasteiger charge is 2.07. The van der Waals surface area contributed by atoms with Gasteiger partial charge in [0.2, 0.25) is 0 Å². The first-order valence-electron chi connectivity index (χ1n) is 7.09. The van der Waals surface area contributed by atoms with Gasteiger partial charge in [-0.3, -0.25) is 0 Å². The van der Waals surface area contributed by atoms with Crippen molar-refractivity contribution in [2.75, 3.05) is 6.61 Å². The minimum absolute atomic E-state index is 0.196. The second kappa shape index (κ2) is 7.60. The number of hydrogen-bond acceptors (Lipinski definition) is 3. The van der Waals surface area contributed by atoms with Crippen LogP contribution in [0.1, 0.15) is 30.6 Å². The van der Waals surface area contributed by atoms with Gasteiger partial charge in [0, 0.05) is 6.42 Å². The molecule has 0 spiro atoms. The smallest absolute Gasteiger partial charge is 0.130 e. The van der Waals surface area contributed by atoms with Crippen molar-refractivity contribution >= 4 is 5.78 Å². The van der Waals surface area contributed by atoms with Crippen LogP contribution in [0.4, 0.5) is 0 Å². The predicted molar refractivity (Wildman–Crippen MR) is 82.3 cm³/mol. The van der Waals surface area contributed by atoms with Crippen molar-refractivity contribution < 1.29 is 14.6 Å². The first kappa shape index (κ1) is 15.3. The van der Waals surface area contributed by atoms with Gasteiger partial charge >= 0.3 is 0 Å². The molecule has 2 aromatic carbocycles. The van der Waals surface area contributed by atoms with Gasteiger partial charge in [-0.1, -0.05) is 42.5 Å². The van der Waals surface area contributed by atoms with Gasteiger partial charge in [0.05, 0.1) is 0 Å². The van der Waals surface area contributed by atoms with Gasteiger partial charge in [0.25, 0.3) is 0 Å². The predicted octanol–water partition coefficient (Wildman–Crippen LogP) is 3.32. The molecule has 0 bridgehead atoms. The number of Topliss-reactive ketones (excluding diaryl/α,β-unsaturated/α-hetero) is 1. The Labute approximate surface area is 125 Å². The molecule has 1 N–H and O–H groups in total. The zero-order valence-electron chi connectivity index (χ0n) is 12.2. The Morgan fingerprint density at radius 3 is 2.38 bits per heavy atom. The van der Waals surface area contributed by atoms with E-state index in [9.17, 15) is 9.90 Å². The third-order valence-corrected chi connectivity index (χ3v) is 3.28. The van der Waals surface area contributed by atoms with E-state index in [1.54, 1.807) is 6.92 Å². The van der Waals surface area contributed by atoms with Crippen molar-refractivity contribution in [1.82, 2.24) is 0 Å². The molecule has 3 heteroatoms. The van der Waals surface area contributed by atoms with Crippen molar-refractivity contribution in [2.24, 2.45) is 0 Å². The Bertz CT molecular complexity index is 561. The third kappa shape index (κ3) is 5.04. The summed E-state index contributed by atoms with van der Waals surface area (Å²) in [6.07, 6.45) is 0.679. The molecule has 110 valence electrons. The fraction of sp³-hybridized carbons (Fsp3) is 0.278. The number of aliphatic hydroxyl groups excluding tert-OH is 1. The number of hydrogen-bond donors (Lipinski definition) is 1. The minimum Gasteiger partial charge on any atom is -0.491 e. The van der Waals surface area contributed by atoms with E-state index in [0.29, 0.717) is 6.42 Å². The summed E-state index contributed by atoms with van der Waals surface area (Å²) in [5, 5.41) is 10.0. The number of aliphatic hydroxyl groups is 1. The number of carbonyl (C=O) groups excluding carboxylic acids is 1. The fourth-order valence-corrected chi connectivity index (χ4v) is 2.02. The third-order valence-electron chi connectivity index (χ3n) is 3.28. The zero-order valence-corrected chi connectivity index (χ0v) is 12.2. The van der Waals surface area contributed by atoms with Gasteiger partial charge in [0.1, 0.15) is 24.2 Å². The first-order chi connectivity index (χ1) is 10.1. The molecule has 1 atom stereocenters. The van der Waals surface area contributed by atoms with E-state index in [0.717, 1.165) is 23.3 Å². The molecule has 2 aromatic rings. The largest absolute Gasteiger partial charge is 0.491 e. The highest BCUT2D eigenvalue weighted by molar-refractivity contribution is 5.75. The maximum atomic E-state index is 10.9. The molecule has 0 radical (unpaired) electrons. The summed E-state index contributed by atoms with van der Waals surface area (Å²) in [6, 6.07) is 17.1. The molecule has 0 heterocycles. The van der Waals surface area contributed by atoms with Gasteiger partial charge in [-0.2, -0.15) is 0 Å². The average molecular weight is 284 g/mol. The van der Waals surface area contributed by atoms with E-state index in [1.807, 2.05) is 54.6 Å². The quantitative estimate of drug-likeness (QED) is 0.848. The normalized spacial score (nSPS) is 11.9. The molecule has 0 saturated carbocycles. The monoisotopic (exact) mass is 284 g/mol. The highest BCUT2D eigenvalue weighted by Crippen LogP contribution is 2.17. The van der Waals surface area contributed by atoms with Crippen LogP contribution in [0.15, 0.2) is 54.6 Å². The number of aryl methyl sites for hydroxylation is 1. The molecule has 2 rings (SSSR count). The van der Waals surface area contributed by atoms with Gasteiger partial charge in [-0.25, -0.2) is 0 Å². The topological polar surface area (TPSA) is 46.5 Å².